The number of thiophene rings is 1. The van der Waals surface area contributed by atoms with E-state index >= 15 is 0 Å². The SMILES string of the molecule is Cc1cc(C(=O)NCCC(=O)O)c(NC(=O)C(C)(C)C)s1. The summed E-state index contributed by atoms with van der Waals surface area (Å²) in [6.45, 7) is 7.25. The van der Waals surface area contributed by atoms with E-state index in [0.717, 1.165) is 4.88 Å². The first-order chi connectivity index (χ1) is 9.61. The molecule has 2 amide bonds. The predicted molar refractivity (Wildman–Crippen MR) is 81.7 cm³/mol. The van der Waals surface area contributed by atoms with E-state index in [-0.39, 0.29) is 24.8 Å². The van der Waals surface area contributed by atoms with Gasteiger partial charge in [0.1, 0.15) is 5.00 Å². The molecule has 1 aromatic heterocycles. The van der Waals surface area contributed by atoms with E-state index < -0.39 is 11.4 Å². The summed E-state index contributed by atoms with van der Waals surface area (Å²) in [5.41, 5.74) is -0.199. The number of carbonyl (C=O) groups is 3. The molecule has 116 valence electrons. The maximum absolute atomic E-state index is 12.0. The van der Waals surface area contributed by atoms with E-state index in [2.05, 4.69) is 10.6 Å². The largest absolute Gasteiger partial charge is 0.481 e. The van der Waals surface area contributed by atoms with Crippen molar-refractivity contribution in [2.75, 3.05) is 11.9 Å². The maximum atomic E-state index is 12.0. The van der Waals surface area contributed by atoms with E-state index in [9.17, 15) is 14.4 Å². The molecule has 0 saturated heterocycles. The van der Waals surface area contributed by atoms with Gasteiger partial charge in [-0.05, 0) is 13.0 Å². The molecule has 3 N–H and O–H groups in total. The van der Waals surface area contributed by atoms with Gasteiger partial charge in [0.05, 0.1) is 12.0 Å². The molecule has 0 fully saturated rings. The van der Waals surface area contributed by atoms with Gasteiger partial charge in [0.2, 0.25) is 5.91 Å². The number of aryl methyl sites for hydroxylation is 1. The summed E-state index contributed by atoms with van der Waals surface area (Å²) >= 11 is 1.32. The van der Waals surface area contributed by atoms with Crippen LogP contribution in [-0.2, 0) is 9.59 Å². The van der Waals surface area contributed by atoms with Gasteiger partial charge in [-0.15, -0.1) is 11.3 Å². The van der Waals surface area contributed by atoms with Gasteiger partial charge in [0, 0.05) is 16.8 Å². The quantitative estimate of drug-likeness (QED) is 0.777. The Balaban J connectivity index is 2.81. The third-order valence-corrected chi connectivity index (χ3v) is 3.60. The van der Waals surface area contributed by atoms with Gasteiger partial charge in [-0.1, -0.05) is 20.8 Å². The molecule has 1 heterocycles. The molecule has 0 aliphatic carbocycles. The summed E-state index contributed by atoms with van der Waals surface area (Å²) < 4.78 is 0. The number of hydrogen-bond donors (Lipinski definition) is 3. The summed E-state index contributed by atoms with van der Waals surface area (Å²) in [5, 5.41) is 14.3. The molecule has 0 saturated carbocycles. The first-order valence-electron chi connectivity index (χ1n) is 6.53. The van der Waals surface area contributed by atoms with Gasteiger partial charge in [-0.2, -0.15) is 0 Å². The highest BCUT2D eigenvalue weighted by molar-refractivity contribution is 7.16. The molecular formula is C14H20N2O4S. The van der Waals surface area contributed by atoms with Crippen molar-refractivity contribution in [3.8, 4) is 0 Å². The minimum atomic E-state index is -0.974. The normalized spacial score (nSPS) is 11.0. The number of carbonyl (C=O) groups excluding carboxylic acids is 2. The van der Waals surface area contributed by atoms with Crippen LogP contribution in [0.5, 0.6) is 0 Å². The molecule has 1 rings (SSSR count). The number of hydrogen-bond acceptors (Lipinski definition) is 4. The summed E-state index contributed by atoms with van der Waals surface area (Å²) in [5.74, 6) is -1.54. The van der Waals surface area contributed by atoms with E-state index in [1.54, 1.807) is 26.8 Å². The van der Waals surface area contributed by atoms with Crippen LogP contribution in [0.2, 0.25) is 0 Å². The van der Waals surface area contributed by atoms with E-state index in [0.29, 0.717) is 10.6 Å². The van der Waals surface area contributed by atoms with Crippen LogP contribution in [0, 0.1) is 12.3 Å². The lowest BCUT2D eigenvalue weighted by Gasteiger charge is -2.17. The molecule has 21 heavy (non-hydrogen) atoms. The smallest absolute Gasteiger partial charge is 0.305 e. The van der Waals surface area contributed by atoms with Crippen molar-refractivity contribution in [2.24, 2.45) is 5.41 Å². The van der Waals surface area contributed by atoms with Crippen molar-refractivity contribution >= 4 is 34.1 Å². The molecule has 0 aliphatic heterocycles. The van der Waals surface area contributed by atoms with Crippen LogP contribution in [0.4, 0.5) is 5.00 Å². The first-order valence-corrected chi connectivity index (χ1v) is 7.35. The van der Waals surface area contributed by atoms with Gasteiger partial charge in [-0.3, -0.25) is 14.4 Å². The van der Waals surface area contributed by atoms with Gasteiger partial charge in [0.25, 0.3) is 5.91 Å². The number of anilines is 1. The zero-order valence-corrected chi connectivity index (χ0v) is 13.4. The molecule has 0 spiro atoms. The Labute approximate surface area is 127 Å². The van der Waals surface area contributed by atoms with Crippen LogP contribution in [0.3, 0.4) is 0 Å². The fourth-order valence-electron chi connectivity index (χ4n) is 1.44. The number of amides is 2. The molecule has 0 atom stereocenters. The average Bonchev–Trinajstić information content (AvgIpc) is 2.68. The second-order valence-electron chi connectivity index (χ2n) is 5.70. The Hall–Kier alpha value is -1.89. The van der Waals surface area contributed by atoms with Crippen molar-refractivity contribution in [3.05, 3.63) is 16.5 Å². The van der Waals surface area contributed by atoms with Gasteiger partial charge < -0.3 is 15.7 Å². The van der Waals surface area contributed by atoms with Crippen LogP contribution < -0.4 is 10.6 Å². The standard InChI is InChI=1S/C14H20N2O4S/c1-8-7-9(11(19)15-6-5-10(17)18)12(21-8)16-13(20)14(2,3)4/h7H,5-6H2,1-4H3,(H,15,19)(H,16,20)(H,17,18). The van der Waals surface area contributed by atoms with Crippen LogP contribution in [-0.4, -0.2) is 29.4 Å². The Morgan fingerprint density at radius 1 is 1.29 bits per heavy atom. The number of aliphatic carboxylic acids is 1. The Morgan fingerprint density at radius 2 is 1.90 bits per heavy atom. The summed E-state index contributed by atoms with van der Waals surface area (Å²) in [6, 6.07) is 1.68. The fourth-order valence-corrected chi connectivity index (χ4v) is 2.35. The van der Waals surface area contributed by atoms with Gasteiger partial charge in [-0.25, -0.2) is 0 Å². The minimum Gasteiger partial charge on any atom is -0.481 e. The molecule has 0 radical (unpaired) electrons. The van der Waals surface area contributed by atoms with Crippen molar-refractivity contribution < 1.29 is 19.5 Å². The highest BCUT2D eigenvalue weighted by atomic mass is 32.1. The van der Waals surface area contributed by atoms with Gasteiger partial charge >= 0.3 is 5.97 Å². The molecule has 0 unspecified atom stereocenters. The number of carboxylic acid groups (broad SMARTS) is 1. The fraction of sp³-hybridized carbons (Fsp3) is 0.500. The number of carboxylic acids is 1. The number of rotatable bonds is 5. The molecule has 1 aromatic rings. The highest BCUT2D eigenvalue weighted by Gasteiger charge is 2.24. The van der Waals surface area contributed by atoms with Crippen molar-refractivity contribution in [1.29, 1.82) is 0 Å². The monoisotopic (exact) mass is 312 g/mol. The Morgan fingerprint density at radius 3 is 2.43 bits per heavy atom. The Bertz CT molecular complexity index is 558. The zero-order chi connectivity index (χ0) is 16.2. The minimum absolute atomic E-state index is 0.0513. The lowest BCUT2D eigenvalue weighted by atomic mass is 9.96. The molecule has 0 aliphatic rings. The molecular weight excluding hydrogens is 292 g/mol. The second kappa shape index (κ2) is 6.71. The molecule has 6 nitrogen and oxygen atoms in total. The first kappa shape index (κ1) is 17.2. The van der Waals surface area contributed by atoms with Crippen LogP contribution in [0.15, 0.2) is 6.07 Å². The van der Waals surface area contributed by atoms with Crippen molar-refractivity contribution in [1.82, 2.24) is 5.32 Å². The highest BCUT2D eigenvalue weighted by Crippen LogP contribution is 2.29. The predicted octanol–water partition coefficient (Wildman–Crippen LogP) is 2.25. The third-order valence-electron chi connectivity index (χ3n) is 2.63. The van der Waals surface area contributed by atoms with Crippen molar-refractivity contribution in [3.63, 3.8) is 0 Å². The van der Waals surface area contributed by atoms with Crippen LogP contribution in [0.25, 0.3) is 0 Å². The van der Waals surface area contributed by atoms with Crippen LogP contribution >= 0.6 is 11.3 Å². The van der Waals surface area contributed by atoms with Gasteiger partial charge in [0.15, 0.2) is 0 Å². The molecule has 0 aromatic carbocycles. The molecule has 7 heteroatoms. The summed E-state index contributed by atoms with van der Waals surface area (Å²) in [4.78, 5) is 35.4. The van der Waals surface area contributed by atoms with Crippen LogP contribution in [0.1, 0.15) is 42.4 Å². The Kier molecular flexibility index (Phi) is 5.48. The summed E-state index contributed by atoms with van der Waals surface area (Å²) in [6.07, 6.45) is -0.140. The summed E-state index contributed by atoms with van der Waals surface area (Å²) in [7, 11) is 0. The number of nitrogens with one attached hydrogen (secondary N) is 2. The van der Waals surface area contributed by atoms with E-state index in [1.807, 2.05) is 6.92 Å². The van der Waals surface area contributed by atoms with E-state index in [4.69, 9.17) is 5.11 Å². The van der Waals surface area contributed by atoms with E-state index in [1.165, 1.54) is 11.3 Å². The second-order valence-corrected chi connectivity index (χ2v) is 6.96. The zero-order valence-electron chi connectivity index (χ0n) is 12.6. The maximum Gasteiger partial charge on any atom is 0.305 e. The lowest BCUT2D eigenvalue weighted by molar-refractivity contribution is -0.136. The van der Waals surface area contributed by atoms with Crippen molar-refractivity contribution in [2.45, 2.75) is 34.1 Å². The third kappa shape index (κ3) is 5.18. The topological polar surface area (TPSA) is 95.5 Å². The average molecular weight is 312 g/mol. The lowest BCUT2D eigenvalue weighted by Crippen LogP contribution is -2.30. The molecule has 0 bridgehead atoms.